The second-order valence-corrected chi connectivity index (χ2v) is 15.7. The van der Waals surface area contributed by atoms with Gasteiger partial charge in [0.1, 0.15) is 11.2 Å². The summed E-state index contributed by atoms with van der Waals surface area (Å²) in [5.74, 6) is 0.700. The van der Waals surface area contributed by atoms with E-state index in [4.69, 9.17) is 14.4 Å². The van der Waals surface area contributed by atoms with Crippen molar-refractivity contribution in [3.05, 3.63) is 218 Å². The first kappa shape index (κ1) is 34.9. The molecule has 0 saturated heterocycles. The van der Waals surface area contributed by atoms with E-state index in [1.165, 1.54) is 54.6 Å². The van der Waals surface area contributed by atoms with Crippen LogP contribution >= 0.6 is 0 Å². The van der Waals surface area contributed by atoms with E-state index in [0.717, 1.165) is 61.1 Å². The van der Waals surface area contributed by atoms with Crippen LogP contribution < -0.4 is 0 Å². The van der Waals surface area contributed by atoms with E-state index in [9.17, 15) is 0 Å². The molecule has 0 atom stereocenters. The molecule has 0 aliphatic rings. The molecule has 0 spiro atoms. The molecule has 0 fully saturated rings. The van der Waals surface area contributed by atoms with Crippen molar-refractivity contribution in [3.63, 3.8) is 0 Å². The Morgan fingerprint density at radius 2 is 0.770 bits per heavy atom. The molecule has 0 aliphatic carbocycles. The largest absolute Gasteiger partial charge is 0.456 e. The van der Waals surface area contributed by atoms with Crippen LogP contribution in [0.25, 0.3) is 122 Å². The summed E-state index contributed by atoms with van der Waals surface area (Å²) in [5.41, 5.74) is 13.6. The highest BCUT2D eigenvalue weighted by atomic mass is 16.3. The fraction of sp³-hybridized carbons (Fsp3) is 0. The number of aromatic nitrogens is 2. The number of rotatable bonds is 6. The van der Waals surface area contributed by atoms with Crippen molar-refractivity contribution in [2.45, 2.75) is 0 Å². The monoisotopic (exact) mass is 776 g/mol. The molecule has 0 bridgehead atoms. The lowest BCUT2D eigenvalue weighted by Crippen LogP contribution is -1.96. The zero-order valence-corrected chi connectivity index (χ0v) is 33.1. The molecule has 12 rings (SSSR count). The summed E-state index contributed by atoms with van der Waals surface area (Å²) in [7, 11) is 0. The summed E-state index contributed by atoms with van der Waals surface area (Å²) in [6, 6.07) is 77.6. The van der Waals surface area contributed by atoms with Gasteiger partial charge in [-0.3, -0.25) is 0 Å². The van der Waals surface area contributed by atoms with E-state index in [1.807, 2.05) is 36.4 Å². The highest BCUT2D eigenvalue weighted by Gasteiger charge is 2.17. The Labute approximate surface area is 352 Å². The Morgan fingerprint density at radius 3 is 1.57 bits per heavy atom. The van der Waals surface area contributed by atoms with Gasteiger partial charge in [0.2, 0.25) is 0 Å². The van der Waals surface area contributed by atoms with Crippen molar-refractivity contribution in [2.75, 3.05) is 0 Å². The van der Waals surface area contributed by atoms with Crippen LogP contribution in [0.2, 0.25) is 0 Å². The van der Waals surface area contributed by atoms with Gasteiger partial charge in [-0.05, 0) is 102 Å². The minimum atomic E-state index is 0.700. The molecule has 0 amide bonds. The molecular formula is C58H36N2O. The molecule has 0 radical (unpaired) electrons. The second kappa shape index (κ2) is 14.3. The third kappa shape index (κ3) is 6.06. The molecule has 10 aromatic carbocycles. The Morgan fingerprint density at radius 1 is 0.262 bits per heavy atom. The van der Waals surface area contributed by atoms with Gasteiger partial charge < -0.3 is 4.42 Å². The van der Waals surface area contributed by atoms with Gasteiger partial charge in [-0.1, -0.05) is 182 Å². The molecule has 12 aromatic rings. The van der Waals surface area contributed by atoms with Gasteiger partial charge in [-0.15, -0.1) is 0 Å². The predicted molar refractivity (Wildman–Crippen MR) is 254 cm³/mol. The first-order chi connectivity index (χ1) is 30.2. The predicted octanol–water partition coefficient (Wildman–Crippen LogP) is 15.8. The van der Waals surface area contributed by atoms with Crippen LogP contribution in [-0.4, -0.2) is 9.97 Å². The summed E-state index contributed by atoms with van der Waals surface area (Å²) >= 11 is 0. The summed E-state index contributed by atoms with van der Waals surface area (Å²) in [4.78, 5) is 10.3. The average Bonchev–Trinajstić information content (AvgIpc) is 3.72. The van der Waals surface area contributed by atoms with Crippen LogP contribution in [0.3, 0.4) is 0 Å². The van der Waals surface area contributed by atoms with Gasteiger partial charge in [0, 0.05) is 27.5 Å². The molecule has 61 heavy (non-hydrogen) atoms. The molecule has 0 saturated carbocycles. The summed E-state index contributed by atoms with van der Waals surface area (Å²) < 4.78 is 6.21. The normalized spacial score (nSPS) is 11.6. The van der Waals surface area contributed by atoms with E-state index >= 15 is 0 Å². The zero-order chi connectivity index (χ0) is 40.3. The lowest BCUT2D eigenvalue weighted by atomic mass is 9.88. The highest BCUT2D eigenvalue weighted by Crippen LogP contribution is 2.43. The summed E-state index contributed by atoms with van der Waals surface area (Å²) in [6.45, 7) is 0. The number of hydrogen-bond acceptors (Lipinski definition) is 3. The van der Waals surface area contributed by atoms with Crippen LogP contribution in [0.4, 0.5) is 0 Å². The van der Waals surface area contributed by atoms with E-state index in [0.29, 0.717) is 5.82 Å². The summed E-state index contributed by atoms with van der Waals surface area (Å²) in [5, 5.41) is 9.70. The van der Waals surface area contributed by atoms with E-state index in [-0.39, 0.29) is 0 Å². The molecule has 2 aromatic heterocycles. The topological polar surface area (TPSA) is 38.9 Å². The summed E-state index contributed by atoms with van der Waals surface area (Å²) in [6.07, 6.45) is 0. The fourth-order valence-corrected chi connectivity index (χ4v) is 9.10. The number of para-hydroxylation sites is 1. The first-order valence-corrected chi connectivity index (χ1v) is 20.7. The molecular weight excluding hydrogens is 741 g/mol. The Hall–Kier alpha value is -8.14. The van der Waals surface area contributed by atoms with Gasteiger partial charge in [-0.2, -0.15) is 0 Å². The Balaban J connectivity index is 0.992. The maximum atomic E-state index is 6.21. The van der Waals surface area contributed by atoms with Crippen molar-refractivity contribution in [2.24, 2.45) is 0 Å². The molecule has 284 valence electrons. The maximum Gasteiger partial charge on any atom is 0.160 e. The number of benzene rings is 10. The first-order valence-electron chi connectivity index (χ1n) is 20.7. The Bertz CT molecular complexity index is 3630. The van der Waals surface area contributed by atoms with Crippen molar-refractivity contribution >= 4 is 54.3 Å². The third-order valence-electron chi connectivity index (χ3n) is 12.1. The fourth-order valence-electron chi connectivity index (χ4n) is 9.10. The van der Waals surface area contributed by atoms with Gasteiger partial charge >= 0.3 is 0 Å². The van der Waals surface area contributed by atoms with Gasteiger partial charge in [0.15, 0.2) is 5.82 Å². The number of fused-ring (bicyclic) bond motifs is 9. The minimum absolute atomic E-state index is 0.700. The van der Waals surface area contributed by atoms with Crippen LogP contribution in [0, 0.1) is 0 Å². The quantitative estimate of drug-likeness (QED) is 0.158. The van der Waals surface area contributed by atoms with Gasteiger partial charge in [-0.25, -0.2) is 9.97 Å². The van der Waals surface area contributed by atoms with Gasteiger partial charge in [0.05, 0.1) is 11.4 Å². The van der Waals surface area contributed by atoms with Crippen molar-refractivity contribution in [1.29, 1.82) is 0 Å². The standard InChI is InChI=1S/C58H36N2O/c1-3-13-37(14-4-1)38-25-27-39(28-26-38)53-36-54(60-58(59-53)40-15-5-2-6-16-40)44-18-11-17-41(33-44)42-29-31-50-51(34-42)47-20-8-7-19-46(47)49-23-12-22-45(57(49)50)43-30-32-56-52(35-43)48-21-9-10-24-55(48)61-56/h1-36H. The van der Waals surface area contributed by atoms with Crippen molar-refractivity contribution < 1.29 is 4.42 Å². The van der Waals surface area contributed by atoms with E-state index in [2.05, 4.69) is 182 Å². The van der Waals surface area contributed by atoms with E-state index < -0.39 is 0 Å². The Kier molecular flexibility index (Phi) is 8.17. The number of nitrogens with zero attached hydrogens (tertiary/aromatic N) is 2. The van der Waals surface area contributed by atoms with Crippen molar-refractivity contribution in [1.82, 2.24) is 9.97 Å². The smallest absolute Gasteiger partial charge is 0.160 e. The second-order valence-electron chi connectivity index (χ2n) is 15.7. The highest BCUT2D eigenvalue weighted by molar-refractivity contribution is 6.29. The van der Waals surface area contributed by atoms with Gasteiger partial charge in [0.25, 0.3) is 0 Å². The molecule has 3 nitrogen and oxygen atoms in total. The third-order valence-corrected chi connectivity index (χ3v) is 12.1. The van der Waals surface area contributed by atoms with Crippen LogP contribution in [0.15, 0.2) is 223 Å². The molecule has 3 heteroatoms. The van der Waals surface area contributed by atoms with Crippen molar-refractivity contribution in [3.8, 4) is 67.3 Å². The van der Waals surface area contributed by atoms with Crippen LogP contribution in [0.5, 0.6) is 0 Å². The lowest BCUT2D eigenvalue weighted by molar-refractivity contribution is 0.669. The molecule has 0 N–H and O–H groups in total. The average molecular weight is 777 g/mol. The molecule has 2 heterocycles. The molecule has 0 unspecified atom stereocenters. The molecule has 0 aliphatic heterocycles. The van der Waals surface area contributed by atoms with Crippen LogP contribution in [0.1, 0.15) is 0 Å². The lowest BCUT2D eigenvalue weighted by Gasteiger charge is -2.16. The zero-order valence-electron chi connectivity index (χ0n) is 33.1. The minimum Gasteiger partial charge on any atom is -0.456 e. The van der Waals surface area contributed by atoms with Crippen LogP contribution in [-0.2, 0) is 0 Å². The maximum absolute atomic E-state index is 6.21. The van der Waals surface area contributed by atoms with E-state index in [1.54, 1.807) is 0 Å². The SMILES string of the molecule is c1ccc(-c2ccc(-c3cc(-c4cccc(-c5ccc6c(c5)c5ccccc5c5cccc(-c7ccc8oc9ccccc9c8c7)c56)c4)nc(-c4ccccc4)n3)cc2)cc1. The number of furan rings is 1. The number of hydrogen-bond donors (Lipinski definition) is 0.